The van der Waals surface area contributed by atoms with Gasteiger partial charge in [0.15, 0.2) is 0 Å². The van der Waals surface area contributed by atoms with Crippen molar-refractivity contribution in [3.05, 3.63) is 0 Å². The number of phosphoric ester groups is 1. The summed E-state index contributed by atoms with van der Waals surface area (Å²) in [6, 6.07) is 0. The zero-order valence-corrected chi connectivity index (χ0v) is 32.8. The summed E-state index contributed by atoms with van der Waals surface area (Å²) < 4.78 is 40.0. The number of hydrogen-bond acceptors (Lipinski definition) is 8. The lowest BCUT2D eigenvalue weighted by Gasteiger charge is -2.23. The van der Waals surface area contributed by atoms with E-state index in [0.29, 0.717) is 12.8 Å². The summed E-state index contributed by atoms with van der Waals surface area (Å²) >= 11 is 0. The van der Waals surface area contributed by atoms with Gasteiger partial charge in [-0.05, 0) is 26.7 Å². The fraction of sp³-hybridized carbons (Fsp3) is 0.949. The number of carbonyl (C=O) groups is 2. The molecule has 0 spiro atoms. The Kier molecular flexibility index (Phi) is 35.2. The summed E-state index contributed by atoms with van der Waals surface area (Å²) in [4.78, 5) is 24.9. The van der Waals surface area contributed by atoms with Crippen molar-refractivity contribution < 1.29 is 37.2 Å². The van der Waals surface area contributed by atoms with Gasteiger partial charge in [0.25, 0.3) is 0 Å². The molecule has 0 atom stereocenters. The zero-order valence-electron chi connectivity index (χ0n) is 31.9. The van der Waals surface area contributed by atoms with E-state index in [1.54, 1.807) is 13.8 Å². The van der Waals surface area contributed by atoms with E-state index >= 15 is 0 Å². The van der Waals surface area contributed by atoms with Crippen LogP contribution in [0.3, 0.4) is 0 Å². The lowest BCUT2D eigenvalue weighted by atomic mass is 10.0. The summed E-state index contributed by atoms with van der Waals surface area (Å²) in [5.74, 6) is -0.680. The fourth-order valence-electron chi connectivity index (χ4n) is 5.80. The molecule has 0 radical (unpaired) electrons. The Bertz CT molecular complexity index is 706. The molecule has 0 saturated carbocycles. The van der Waals surface area contributed by atoms with Crippen molar-refractivity contribution in [2.45, 2.75) is 214 Å². The Morgan fingerprint density at radius 1 is 0.438 bits per heavy atom. The third-order valence-corrected chi connectivity index (χ3v) is 10.4. The molecule has 286 valence electrons. The minimum absolute atomic E-state index is 0.127. The van der Waals surface area contributed by atoms with Crippen molar-refractivity contribution >= 4 is 19.8 Å². The Morgan fingerprint density at radius 2 is 0.708 bits per heavy atom. The first-order chi connectivity index (χ1) is 23.4. The van der Waals surface area contributed by atoms with Gasteiger partial charge in [0.2, 0.25) is 0 Å². The summed E-state index contributed by atoms with van der Waals surface area (Å²) in [7, 11) is -3.88. The summed E-state index contributed by atoms with van der Waals surface area (Å²) in [6.45, 7) is 7.77. The van der Waals surface area contributed by atoms with E-state index in [9.17, 15) is 14.2 Å². The van der Waals surface area contributed by atoms with Gasteiger partial charge in [-0.1, -0.05) is 168 Å². The molecule has 0 fully saturated rings. The predicted molar refractivity (Wildman–Crippen MR) is 198 cm³/mol. The van der Waals surface area contributed by atoms with E-state index in [1.807, 2.05) is 0 Å². The highest BCUT2D eigenvalue weighted by Crippen LogP contribution is 2.50. The summed E-state index contributed by atoms with van der Waals surface area (Å²) in [5.41, 5.74) is 0. The van der Waals surface area contributed by atoms with Crippen LogP contribution < -0.4 is 0 Å². The molecule has 9 heteroatoms. The average Bonchev–Trinajstić information content (AvgIpc) is 3.06. The highest BCUT2D eigenvalue weighted by Gasteiger charge is 2.31. The Balaban J connectivity index is 4.23. The maximum absolute atomic E-state index is 13.0. The van der Waals surface area contributed by atoms with Gasteiger partial charge in [-0.25, -0.2) is 4.57 Å². The van der Waals surface area contributed by atoms with Gasteiger partial charge >= 0.3 is 19.8 Å². The van der Waals surface area contributed by atoms with Crippen molar-refractivity contribution in [3.63, 3.8) is 0 Å². The van der Waals surface area contributed by atoms with Gasteiger partial charge in [-0.2, -0.15) is 0 Å². The number of ether oxygens (including phenoxy) is 2. The molecule has 8 nitrogen and oxygen atoms in total. The molecule has 0 rings (SSSR count). The Morgan fingerprint density at radius 3 is 0.979 bits per heavy atom. The highest BCUT2D eigenvalue weighted by atomic mass is 31.2. The molecule has 0 aliphatic carbocycles. The molecule has 0 aliphatic rings. The zero-order chi connectivity index (χ0) is 35.4. The molecule has 0 aromatic carbocycles. The van der Waals surface area contributed by atoms with E-state index in [4.69, 9.17) is 23.0 Å². The average molecular weight is 705 g/mol. The first-order valence-corrected chi connectivity index (χ1v) is 21.7. The standard InChI is InChI=1S/C39H77O8P/c1-5-9-11-13-15-17-19-21-23-25-27-29-31-33-38(40)43-35-37(47-48(42,45-7-3)46-8-4)36-44-39(41)34-32-30-28-26-24-22-20-18-16-14-12-10-6-2/h37H,5-36H2,1-4H3. The first-order valence-electron chi connectivity index (χ1n) is 20.3. The van der Waals surface area contributed by atoms with Crippen LogP contribution in [0.1, 0.15) is 207 Å². The second-order valence-corrected chi connectivity index (χ2v) is 15.0. The van der Waals surface area contributed by atoms with Gasteiger partial charge in [-0.15, -0.1) is 0 Å². The molecular formula is C39H77O8P. The molecule has 0 unspecified atom stereocenters. The second kappa shape index (κ2) is 35.9. The number of hydrogen-bond donors (Lipinski definition) is 0. The smallest absolute Gasteiger partial charge is 0.463 e. The second-order valence-electron chi connectivity index (χ2n) is 13.4. The van der Waals surface area contributed by atoms with Crippen molar-refractivity contribution in [1.82, 2.24) is 0 Å². The minimum Gasteiger partial charge on any atom is -0.463 e. The molecule has 0 heterocycles. The van der Waals surface area contributed by atoms with Gasteiger partial charge in [0.1, 0.15) is 19.3 Å². The lowest BCUT2D eigenvalue weighted by molar-refractivity contribution is -0.152. The van der Waals surface area contributed by atoms with Crippen LogP contribution in [0.15, 0.2) is 0 Å². The minimum atomic E-state index is -3.88. The molecule has 48 heavy (non-hydrogen) atoms. The lowest BCUT2D eigenvalue weighted by Crippen LogP contribution is -2.28. The molecule has 0 amide bonds. The van der Waals surface area contributed by atoms with Gasteiger partial charge in [-0.3, -0.25) is 23.2 Å². The fourth-order valence-corrected chi connectivity index (χ4v) is 7.11. The van der Waals surface area contributed by atoms with E-state index in [1.165, 1.54) is 128 Å². The van der Waals surface area contributed by atoms with E-state index in [-0.39, 0.29) is 38.4 Å². The van der Waals surface area contributed by atoms with E-state index in [0.717, 1.165) is 38.5 Å². The third-order valence-electron chi connectivity index (χ3n) is 8.68. The van der Waals surface area contributed by atoms with Gasteiger partial charge in [0.05, 0.1) is 13.2 Å². The largest absolute Gasteiger partial charge is 0.475 e. The van der Waals surface area contributed by atoms with Crippen LogP contribution in [0.2, 0.25) is 0 Å². The predicted octanol–water partition coefficient (Wildman–Crippen LogP) is 12.6. The number of unbranched alkanes of at least 4 members (excludes halogenated alkanes) is 24. The summed E-state index contributed by atoms with van der Waals surface area (Å²) in [5, 5.41) is 0. The van der Waals surface area contributed by atoms with Gasteiger partial charge < -0.3 is 9.47 Å². The molecule has 0 aromatic rings. The van der Waals surface area contributed by atoms with Crippen molar-refractivity contribution in [1.29, 1.82) is 0 Å². The van der Waals surface area contributed by atoms with Gasteiger partial charge in [0, 0.05) is 12.8 Å². The maximum atomic E-state index is 13.0. The van der Waals surface area contributed by atoms with Crippen LogP contribution >= 0.6 is 7.82 Å². The van der Waals surface area contributed by atoms with E-state index in [2.05, 4.69) is 13.8 Å². The van der Waals surface area contributed by atoms with Crippen molar-refractivity contribution in [3.8, 4) is 0 Å². The topological polar surface area (TPSA) is 97.4 Å². The van der Waals surface area contributed by atoms with Crippen LogP contribution in [0.4, 0.5) is 0 Å². The van der Waals surface area contributed by atoms with Crippen molar-refractivity contribution in [2.24, 2.45) is 0 Å². The SMILES string of the molecule is CCCCCCCCCCCCCCCC(=O)OCC(COC(=O)CCCCCCCCCCCCCCC)OP(=O)(OCC)OCC. The molecule has 0 N–H and O–H groups in total. The highest BCUT2D eigenvalue weighted by molar-refractivity contribution is 7.48. The monoisotopic (exact) mass is 705 g/mol. The van der Waals surface area contributed by atoms with Crippen molar-refractivity contribution in [2.75, 3.05) is 26.4 Å². The van der Waals surface area contributed by atoms with Crippen LogP contribution in [0.25, 0.3) is 0 Å². The number of carbonyl (C=O) groups excluding carboxylic acids is 2. The molecule has 0 aliphatic heterocycles. The Labute approximate surface area is 296 Å². The van der Waals surface area contributed by atoms with E-state index < -0.39 is 13.9 Å². The summed E-state index contributed by atoms with van der Waals surface area (Å²) in [6.07, 6.45) is 31.9. The van der Waals surface area contributed by atoms with Crippen LogP contribution in [0.5, 0.6) is 0 Å². The Hall–Kier alpha value is -0.950. The number of rotatable bonds is 38. The molecular weight excluding hydrogens is 627 g/mol. The van der Waals surface area contributed by atoms with Crippen LogP contribution in [-0.2, 0) is 37.2 Å². The molecule has 0 bridgehead atoms. The maximum Gasteiger partial charge on any atom is 0.475 e. The molecule has 0 aromatic heterocycles. The number of esters is 2. The molecule has 0 saturated heterocycles. The van der Waals surface area contributed by atoms with Crippen LogP contribution in [-0.4, -0.2) is 44.5 Å². The normalized spacial score (nSPS) is 11.8. The van der Waals surface area contributed by atoms with Crippen LogP contribution in [0, 0.1) is 0 Å². The number of phosphoric acid groups is 1. The third kappa shape index (κ3) is 32.3. The quantitative estimate of drug-likeness (QED) is 0.0356. The first kappa shape index (κ1) is 47.0.